The molecule has 20 heavy (non-hydrogen) atoms. The molecule has 1 aromatic carbocycles. The van der Waals surface area contributed by atoms with Gasteiger partial charge in [-0.3, -0.25) is 9.59 Å². The monoisotopic (exact) mass is 383 g/mol. The summed E-state index contributed by atoms with van der Waals surface area (Å²) in [7, 11) is 0. The van der Waals surface area contributed by atoms with Crippen LogP contribution in [-0.4, -0.2) is 18.0 Å². The Balaban J connectivity index is 1.54. The lowest BCUT2D eigenvalue weighted by Crippen LogP contribution is -2.35. The van der Waals surface area contributed by atoms with Gasteiger partial charge in [-0.1, -0.05) is 0 Å². The van der Waals surface area contributed by atoms with Gasteiger partial charge in [0.2, 0.25) is 5.91 Å². The van der Waals surface area contributed by atoms with Gasteiger partial charge < -0.3 is 10.1 Å². The van der Waals surface area contributed by atoms with Crippen molar-refractivity contribution in [3.05, 3.63) is 27.8 Å². The molecule has 1 aliphatic heterocycles. The van der Waals surface area contributed by atoms with E-state index in [1.807, 2.05) is 24.3 Å². The third-order valence-electron chi connectivity index (χ3n) is 4.90. The van der Waals surface area contributed by atoms with Crippen molar-refractivity contribution in [3.8, 4) is 0 Å². The van der Waals surface area contributed by atoms with Crippen LogP contribution in [0.15, 0.2) is 24.3 Å². The fraction of sp³-hybridized carbons (Fsp3) is 0.467. The molecule has 1 heterocycles. The van der Waals surface area contributed by atoms with E-state index in [1.165, 1.54) is 0 Å². The Morgan fingerprint density at radius 3 is 2.75 bits per heavy atom. The predicted molar refractivity (Wildman–Crippen MR) is 80.9 cm³/mol. The van der Waals surface area contributed by atoms with E-state index in [-0.39, 0.29) is 35.7 Å². The zero-order chi connectivity index (χ0) is 13.9. The fourth-order valence-corrected chi connectivity index (χ4v) is 4.48. The van der Waals surface area contributed by atoms with Crippen molar-refractivity contribution in [2.24, 2.45) is 23.7 Å². The van der Waals surface area contributed by atoms with Gasteiger partial charge in [0.25, 0.3) is 0 Å². The molecule has 2 bridgehead atoms. The highest BCUT2D eigenvalue weighted by molar-refractivity contribution is 14.1. The topological polar surface area (TPSA) is 55.4 Å². The summed E-state index contributed by atoms with van der Waals surface area (Å²) >= 11 is 2.23. The lowest BCUT2D eigenvalue weighted by molar-refractivity contribution is -0.145. The second-order valence-electron chi connectivity index (χ2n) is 5.92. The number of halogens is 1. The Kier molecular flexibility index (Phi) is 2.80. The number of hydrogen-bond donors (Lipinski definition) is 1. The van der Waals surface area contributed by atoms with Crippen LogP contribution in [0.1, 0.15) is 12.8 Å². The largest absolute Gasteiger partial charge is 0.462 e. The van der Waals surface area contributed by atoms with Crippen LogP contribution in [0.25, 0.3) is 0 Å². The van der Waals surface area contributed by atoms with Crippen molar-refractivity contribution in [3.63, 3.8) is 0 Å². The zero-order valence-corrected chi connectivity index (χ0v) is 12.9. The maximum atomic E-state index is 12.5. The molecule has 0 spiro atoms. The highest BCUT2D eigenvalue weighted by Crippen LogP contribution is 2.57. The lowest BCUT2D eigenvalue weighted by Gasteiger charge is -2.23. The Morgan fingerprint density at radius 2 is 2.00 bits per heavy atom. The van der Waals surface area contributed by atoms with Crippen molar-refractivity contribution >= 4 is 40.2 Å². The summed E-state index contributed by atoms with van der Waals surface area (Å²) in [6, 6.07) is 7.69. The Hall–Kier alpha value is -1.11. The highest BCUT2D eigenvalue weighted by atomic mass is 127. The Bertz CT molecular complexity index is 583. The molecule has 3 aliphatic rings. The molecule has 5 atom stereocenters. The average Bonchev–Trinajstić information content (AvgIpc) is 3.02. The van der Waals surface area contributed by atoms with Crippen LogP contribution in [0.5, 0.6) is 0 Å². The van der Waals surface area contributed by atoms with Crippen LogP contribution in [-0.2, 0) is 14.3 Å². The van der Waals surface area contributed by atoms with Crippen LogP contribution in [0, 0.1) is 27.2 Å². The van der Waals surface area contributed by atoms with Crippen LogP contribution in [0.2, 0.25) is 0 Å². The molecule has 3 fully saturated rings. The van der Waals surface area contributed by atoms with Crippen molar-refractivity contribution in [2.75, 3.05) is 5.32 Å². The van der Waals surface area contributed by atoms with Gasteiger partial charge in [-0.05, 0) is 65.6 Å². The third-order valence-corrected chi connectivity index (χ3v) is 5.62. The third kappa shape index (κ3) is 1.78. The van der Waals surface area contributed by atoms with Crippen molar-refractivity contribution in [2.45, 2.75) is 18.9 Å². The molecule has 0 aromatic heterocycles. The van der Waals surface area contributed by atoms with E-state index >= 15 is 0 Å². The van der Waals surface area contributed by atoms with Crippen LogP contribution >= 0.6 is 22.6 Å². The zero-order valence-electron chi connectivity index (χ0n) is 10.7. The Labute approximate surface area is 130 Å². The second-order valence-corrected chi connectivity index (χ2v) is 7.16. The first-order valence-corrected chi connectivity index (χ1v) is 7.98. The number of fused-ring (bicyclic) bond motifs is 1. The molecular formula is C15H14INO3. The highest BCUT2D eigenvalue weighted by Gasteiger charge is 2.63. The number of anilines is 1. The summed E-state index contributed by atoms with van der Waals surface area (Å²) in [5.41, 5.74) is 0.793. The number of hydrogen-bond acceptors (Lipinski definition) is 3. The summed E-state index contributed by atoms with van der Waals surface area (Å²) in [6.45, 7) is 0. The van der Waals surface area contributed by atoms with Crippen LogP contribution < -0.4 is 5.32 Å². The van der Waals surface area contributed by atoms with Crippen LogP contribution in [0.4, 0.5) is 5.69 Å². The van der Waals surface area contributed by atoms with E-state index in [2.05, 4.69) is 27.9 Å². The summed E-state index contributed by atoms with van der Waals surface area (Å²) < 4.78 is 6.49. The van der Waals surface area contributed by atoms with Gasteiger partial charge >= 0.3 is 5.97 Å². The molecule has 1 amide bonds. The number of carbonyl (C=O) groups excluding carboxylic acids is 2. The standard InChI is InChI=1S/C15H14INO3/c16-8-1-3-9(4-2-8)17-14(18)12-7-5-10-11(6-7)20-15(19)13(10)12/h1-4,7,10-13H,5-6H2,(H,17,18)/t7-,10-,11-,12-,13+/m1/s1. The molecule has 1 N–H and O–H groups in total. The number of carbonyl (C=O) groups is 2. The first-order valence-electron chi connectivity index (χ1n) is 6.90. The summed E-state index contributed by atoms with van der Waals surface area (Å²) in [4.78, 5) is 24.4. The Morgan fingerprint density at radius 1 is 1.25 bits per heavy atom. The molecule has 2 aliphatic carbocycles. The SMILES string of the molecule is O=C(Nc1ccc(I)cc1)[C@@H]1[C@@H]2C[C@H]3[C@@H]1C(=O)O[C@@H]3C2. The summed E-state index contributed by atoms with van der Waals surface area (Å²) in [6.07, 6.45) is 1.91. The van der Waals surface area contributed by atoms with Crippen molar-refractivity contribution < 1.29 is 14.3 Å². The first-order chi connectivity index (χ1) is 9.63. The van der Waals surface area contributed by atoms with E-state index in [0.29, 0.717) is 5.92 Å². The van der Waals surface area contributed by atoms with E-state index < -0.39 is 0 Å². The van der Waals surface area contributed by atoms with Crippen molar-refractivity contribution in [1.29, 1.82) is 0 Å². The molecule has 4 nitrogen and oxygen atoms in total. The minimum atomic E-state index is -0.206. The number of esters is 1. The van der Waals surface area contributed by atoms with E-state index in [4.69, 9.17) is 4.74 Å². The maximum absolute atomic E-state index is 12.5. The van der Waals surface area contributed by atoms with Gasteiger partial charge in [-0.15, -0.1) is 0 Å². The molecule has 0 unspecified atom stereocenters. The minimum Gasteiger partial charge on any atom is -0.462 e. The number of rotatable bonds is 2. The number of nitrogens with one attached hydrogen (secondary N) is 1. The van der Waals surface area contributed by atoms with Gasteiger partial charge in [0.1, 0.15) is 6.10 Å². The van der Waals surface area contributed by atoms with Gasteiger partial charge in [-0.2, -0.15) is 0 Å². The number of amides is 1. The van der Waals surface area contributed by atoms with Gasteiger partial charge in [-0.25, -0.2) is 0 Å². The molecule has 4 rings (SSSR count). The predicted octanol–water partition coefficient (Wildman–Crippen LogP) is 2.43. The van der Waals surface area contributed by atoms with Crippen molar-refractivity contribution in [1.82, 2.24) is 0 Å². The minimum absolute atomic E-state index is 0.0268. The number of ether oxygens (including phenoxy) is 1. The fourth-order valence-electron chi connectivity index (χ4n) is 4.12. The normalized spacial score (nSPS) is 37.0. The van der Waals surface area contributed by atoms with Gasteiger partial charge in [0.05, 0.1) is 11.8 Å². The van der Waals surface area contributed by atoms with E-state index in [0.717, 1.165) is 22.1 Å². The molecular weight excluding hydrogens is 369 g/mol. The number of benzene rings is 1. The molecule has 0 radical (unpaired) electrons. The molecule has 2 saturated carbocycles. The quantitative estimate of drug-likeness (QED) is 0.631. The van der Waals surface area contributed by atoms with Gasteiger partial charge in [0, 0.05) is 15.2 Å². The van der Waals surface area contributed by atoms with Gasteiger partial charge in [0.15, 0.2) is 0 Å². The van der Waals surface area contributed by atoms with E-state index in [9.17, 15) is 9.59 Å². The smallest absolute Gasteiger partial charge is 0.310 e. The lowest BCUT2D eigenvalue weighted by atomic mass is 9.79. The molecule has 104 valence electrons. The second kappa shape index (κ2) is 4.44. The average molecular weight is 383 g/mol. The molecule has 1 aromatic rings. The molecule has 5 heteroatoms. The summed E-state index contributed by atoms with van der Waals surface area (Å²) in [5.74, 6) is -0.0119. The first kappa shape index (κ1) is 12.6. The van der Waals surface area contributed by atoms with Crippen LogP contribution in [0.3, 0.4) is 0 Å². The maximum Gasteiger partial charge on any atom is 0.310 e. The van der Waals surface area contributed by atoms with E-state index in [1.54, 1.807) is 0 Å². The molecule has 1 saturated heterocycles. The summed E-state index contributed by atoms with van der Waals surface area (Å²) in [5, 5.41) is 2.95.